The van der Waals surface area contributed by atoms with Crippen LogP contribution in [0.25, 0.3) is 27.5 Å². The molecule has 2 aromatic heterocycles. The zero-order valence-electron chi connectivity index (χ0n) is 12.6. The molecule has 0 saturated carbocycles. The molecule has 4 aromatic rings. The first-order valence-electron chi connectivity index (χ1n) is 7.29. The van der Waals surface area contributed by atoms with Gasteiger partial charge >= 0.3 is 0 Å². The summed E-state index contributed by atoms with van der Waals surface area (Å²) in [6.45, 7) is 2.02. The van der Waals surface area contributed by atoms with Gasteiger partial charge in [-0.2, -0.15) is 5.10 Å². The molecule has 0 aliphatic rings. The Bertz CT molecular complexity index is 971. The highest BCUT2D eigenvalue weighted by Gasteiger charge is 2.11. The summed E-state index contributed by atoms with van der Waals surface area (Å²) < 4.78 is 7.38. The standard InChI is InChI=1S/C19H16N2O/c1-13-10-19-17-12-16(22-2)9-8-15(17)11-18(21(19)20-13)14-6-4-3-5-7-14/h3-12H,1-2H3. The first-order chi connectivity index (χ1) is 10.8. The maximum atomic E-state index is 5.36. The molecule has 0 atom stereocenters. The van der Waals surface area contributed by atoms with Gasteiger partial charge in [-0.25, -0.2) is 4.52 Å². The first-order valence-corrected chi connectivity index (χ1v) is 7.29. The average Bonchev–Trinajstić information content (AvgIpc) is 2.96. The molecule has 0 saturated heterocycles. The molecule has 0 spiro atoms. The van der Waals surface area contributed by atoms with E-state index < -0.39 is 0 Å². The van der Waals surface area contributed by atoms with Gasteiger partial charge in [0.2, 0.25) is 0 Å². The Balaban J connectivity index is 2.13. The highest BCUT2D eigenvalue weighted by molar-refractivity contribution is 5.99. The van der Waals surface area contributed by atoms with Crippen molar-refractivity contribution in [2.45, 2.75) is 6.92 Å². The largest absolute Gasteiger partial charge is 0.497 e. The molecule has 0 N–H and O–H groups in total. The lowest BCUT2D eigenvalue weighted by atomic mass is 10.1. The van der Waals surface area contributed by atoms with Crippen molar-refractivity contribution >= 4 is 16.3 Å². The van der Waals surface area contributed by atoms with Crippen molar-refractivity contribution in [1.82, 2.24) is 9.61 Å². The predicted octanol–water partition coefficient (Wildman–Crippen LogP) is 4.47. The van der Waals surface area contributed by atoms with Crippen LogP contribution in [0.15, 0.2) is 60.7 Å². The van der Waals surface area contributed by atoms with Gasteiger partial charge < -0.3 is 4.74 Å². The molecular weight excluding hydrogens is 272 g/mol. The van der Waals surface area contributed by atoms with E-state index in [2.05, 4.69) is 53.6 Å². The molecule has 0 aliphatic carbocycles. The van der Waals surface area contributed by atoms with E-state index in [1.165, 1.54) is 5.39 Å². The molecule has 2 aromatic carbocycles. The summed E-state index contributed by atoms with van der Waals surface area (Å²) in [7, 11) is 1.69. The Hall–Kier alpha value is -2.81. The van der Waals surface area contributed by atoms with Crippen LogP contribution in [0, 0.1) is 6.92 Å². The van der Waals surface area contributed by atoms with Crippen LogP contribution in [0.3, 0.4) is 0 Å². The molecule has 4 rings (SSSR count). The molecule has 3 heteroatoms. The summed E-state index contributed by atoms with van der Waals surface area (Å²) in [5.41, 5.74) is 4.37. The van der Waals surface area contributed by atoms with Crippen molar-refractivity contribution < 1.29 is 4.74 Å². The molecule has 2 heterocycles. The zero-order chi connectivity index (χ0) is 15.1. The lowest BCUT2D eigenvalue weighted by Crippen LogP contribution is -1.95. The lowest BCUT2D eigenvalue weighted by molar-refractivity contribution is 0.415. The van der Waals surface area contributed by atoms with Crippen molar-refractivity contribution in [3.63, 3.8) is 0 Å². The van der Waals surface area contributed by atoms with Crippen LogP contribution in [0.5, 0.6) is 5.75 Å². The first kappa shape index (κ1) is 12.9. The van der Waals surface area contributed by atoms with Gasteiger partial charge in [-0.15, -0.1) is 0 Å². The van der Waals surface area contributed by atoms with Crippen molar-refractivity contribution in [2.24, 2.45) is 0 Å². The number of aromatic nitrogens is 2. The van der Waals surface area contributed by atoms with Gasteiger partial charge in [0.25, 0.3) is 0 Å². The van der Waals surface area contributed by atoms with Crippen molar-refractivity contribution in [2.75, 3.05) is 7.11 Å². The van der Waals surface area contributed by atoms with Gasteiger partial charge in [0.1, 0.15) is 5.75 Å². The van der Waals surface area contributed by atoms with Crippen LogP contribution < -0.4 is 4.74 Å². The summed E-state index contributed by atoms with van der Waals surface area (Å²) in [6, 6.07) is 20.8. The number of nitrogens with zero attached hydrogens (tertiary/aromatic N) is 2. The Kier molecular flexibility index (Phi) is 2.86. The number of pyridine rings is 1. The molecule has 108 valence electrons. The van der Waals surface area contributed by atoms with Gasteiger partial charge in [0.15, 0.2) is 0 Å². The Morgan fingerprint density at radius 3 is 2.55 bits per heavy atom. The molecular formula is C19H16N2O. The number of hydrogen-bond acceptors (Lipinski definition) is 2. The van der Waals surface area contributed by atoms with Crippen LogP contribution in [0.2, 0.25) is 0 Å². The second-order valence-electron chi connectivity index (χ2n) is 5.43. The zero-order valence-corrected chi connectivity index (χ0v) is 12.6. The fraction of sp³-hybridized carbons (Fsp3) is 0.105. The smallest absolute Gasteiger partial charge is 0.119 e. The Labute approximate surface area is 128 Å². The van der Waals surface area contributed by atoms with E-state index >= 15 is 0 Å². The van der Waals surface area contributed by atoms with E-state index in [1.54, 1.807) is 7.11 Å². The number of rotatable bonds is 2. The van der Waals surface area contributed by atoms with Gasteiger partial charge in [0, 0.05) is 10.9 Å². The van der Waals surface area contributed by atoms with Gasteiger partial charge in [-0.1, -0.05) is 36.4 Å². The topological polar surface area (TPSA) is 26.5 Å². The van der Waals surface area contributed by atoms with E-state index in [0.717, 1.165) is 33.6 Å². The van der Waals surface area contributed by atoms with Gasteiger partial charge in [-0.3, -0.25) is 0 Å². The van der Waals surface area contributed by atoms with E-state index in [1.807, 2.05) is 23.6 Å². The van der Waals surface area contributed by atoms with Crippen LogP contribution in [0.1, 0.15) is 5.69 Å². The summed E-state index contributed by atoms with van der Waals surface area (Å²) in [5, 5.41) is 7.01. The highest BCUT2D eigenvalue weighted by atomic mass is 16.5. The quantitative estimate of drug-likeness (QED) is 0.544. The maximum absolute atomic E-state index is 5.36. The number of fused-ring (bicyclic) bond motifs is 3. The molecule has 22 heavy (non-hydrogen) atoms. The summed E-state index contributed by atoms with van der Waals surface area (Å²) in [4.78, 5) is 0. The monoisotopic (exact) mass is 288 g/mol. The maximum Gasteiger partial charge on any atom is 0.119 e. The molecule has 0 aliphatic heterocycles. The summed E-state index contributed by atoms with van der Waals surface area (Å²) >= 11 is 0. The lowest BCUT2D eigenvalue weighted by Gasteiger charge is -2.10. The Morgan fingerprint density at radius 2 is 1.77 bits per heavy atom. The van der Waals surface area contributed by atoms with Gasteiger partial charge in [-0.05, 0) is 36.6 Å². The number of aryl methyl sites for hydroxylation is 1. The van der Waals surface area contributed by atoms with E-state index in [9.17, 15) is 0 Å². The minimum atomic E-state index is 0.862. The van der Waals surface area contributed by atoms with Crippen LogP contribution >= 0.6 is 0 Å². The number of ether oxygens (including phenoxy) is 1. The summed E-state index contributed by atoms with van der Waals surface area (Å²) in [6.07, 6.45) is 0. The second-order valence-corrected chi connectivity index (χ2v) is 5.43. The fourth-order valence-corrected chi connectivity index (χ4v) is 2.91. The van der Waals surface area contributed by atoms with Gasteiger partial charge in [0.05, 0.1) is 24.0 Å². The van der Waals surface area contributed by atoms with E-state index in [-0.39, 0.29) is 0 Å². The second kappa shape index (κ2) is 4.88. The highest BCUT2D eigenvalue weighted by Crippen LogP contribution is 2.31. The number of hydrogen-bond donors (Lipinski definition) is 0. The molecule has 0 amide bonds. The molecule has 0 fully saturated rings. The average molecular weight is 288 g/mol. The summed E-state index contributed by atoms with van der Waals surface area (Å²) in [5.74, 6) is 0.862. The van der Waals surface area contributed by atoms with Crippen molar-refractivity contribution in [1.29, 1.82) is 0 Å². The van der Waals surface area contributed by atoms with Crippen LogP contribution in [-0.4, -0.2) is 16.7 Å². The third kappa shape index (κ3) is 1.94. The molecule has 0 unspecified atom stereocenters. The van der Waals surface area contributed by atoms with E-state index in [4.69, 9.17) is 4.74 Å². The molecule has 3 nitrogen and oxygen atoms in total. The minimum absolute atomic E-state index is 0.862. The third-order valence-electron chi connectivity index (χ3n) is 3.96. The van der Waals surface area contributed by atoms with Crippen molar-refractivity contribution in [3.8, 4) is 17.0 Å². The third-order valence-corrected chi connectivity index (χ3v) is 3.96. The fourth-order valence-electron chi connectivity index (χ4n) is 2.91. The molecule has 0 radical (unpaired) electrons. The molecule has 0 bridgehead atoms. The predicted molar refractivity (Wildman–Crippen MR) is 89.4 cm³/mol. The number of benzene rings is 2. The Morgan fingerprint density at radius 1 is 0.955 bits per heavy atom. The normalized spacial score (nSPS) is 11.2. The number of methoxy groups -OCH3 is 1. The van der Waals surface area contributed by atoms with Crippen molar-refractivity contribution in [3.05, 3.63) is 66.4 Å². The van der Waals surface area contributed by atoms with Crippen LogP contribution in [-0.2, 0) is 0 Å². The SMILES string of the molecule is COc1ccc2cc(-c3ccccc3)n3nc(C)cc3c2c1. The minimum Gasteiger partial charge on any atom is -0.497 e. The van der Waals surface area contributed by atoms with E-state index in [0.29, 0.717) is 0 Å². The van der Waals surface area contributed by atoms with Crippen LogP contribution in [0.4, 0.5) is 0 Å².